The lowest BCUT2D eigenvalue weighted by molar-refractivity contribution is 0.0243. The predicted octanol–water partition coefficient (Wildman–Crippen LogP) is 1.50. The standard InChI is InChI=1S/C17H24N6O/c1-17(5-3-9-24-17)12-22-16(18-2)21-11-14-4-6-20-15(10-14)23-8-7-19-13-23/h4,6-8,10,13H,3,5,9,11-12H2,1-2H3,(H2,18,21,22). The van der Waals surface area contributed by atoms with E-state index in [-0.39, 0.29) is 5.60 Å². The normalized spacial score (nSPS) is 21.0. The van der Waals surface area contributed by atoms with Gasteiger partial charge in [-0.2, -0.15) is 0 Å². The van der Waals surface area contributed by atoms with Gasteiger partial charge in [0.25, 0.3) is 0 Å². The third kappa shape index (κ3) is 4.11. The van der Waals surface area contributed by atoms with Crippen LogP contribution in [0.15, 0.2) is 42.0 Å². The van der Waals surface area contributed by atoms with Crippen LogP contribution < -0.4 is 10.6 Å². The Bertz CT molecular complexity index is 676. The van der Waals surface area contributed by atoms with Gasteiger partial charge in [0.15, 0.2) is 5.96 Å². The van der Waals surface area contributed by atoms with E-state index in [1.54, 1.807) is 25.8 Å². The van der Waals surface area contributed by atoms with Crippen molar-refractivity contribution in [2.75, 3.05) is 20.2 Å². The van der Waals surface area contributed by atoms with Gasteiger partial charge in [-0.05, 0) is 37.5 Å². The minimum Gasteiger partial charge on any atom is -0.373 e. The van der Waals surface area contributed by atoms with Crippen molar-refractivity contribution < 1.29 is 4.74 Å². The van der Waals surface area contributed by atoms with Crippen LogP contribution in [0.1, 0.15) is 25.3 Å². The summed E-state index contributed by atoms with van der Waals surface area (Å²) in [4.78, 5) is 12.7. The van der Waals surface area contributed by atoms with Crippen molar-refractivity contribution in [1.82, 2.24) is 25.2 Å². The highest BCUT2D eigenvalue weighted by Gasteiger charge is 2.29. The molecule has 1 unspecified atom stereocenters. The average Bonchev–Trinajstić information content (AvgIpc) is 3.27. The van der Waals surface area contributed by atoms with Crippen molar-refractivity contribution in [1.29, 1.82) is 0 Å². The van der Waals surface area contributed by atoms with E-state index in [1.165, 1.54) is 0 Å². The summed E-state index contributed by atoms with van der Waals surface area (Å²) in [5, 5.41) is 6.68. The van der Waals surface area contributed by atoms with Crippen molar-refractivity contribution in [2.45, 2.75) is 31.9 Å². The van der Waals surface area contributed by atoms with Crippen molar-refractivity contribution in [2.24, 2.45) is 4.99 Å². The molecule has 3 heterocycles. The summed E-state index contributed by atoms with van der Waals surface area (Å²) >= 11 is 0. The Morgan fingerprint density at radius 1 is 1.42 bits per heavy atom. The summed E-state index contributed by atoms with van der Waals surface area (Å²) < 4.78 is 7.68. The first-order valence-corrected chi connectivity index (χ1v) is 8.20. The van der Waals surface area contributed by atoms with Gasteiger partial charge in [0.05, 0.1) is 5.60 Å². The van der Waals surface area contributed by atoms with Crippen LogP contribution in [-0.2, 0) is 11.3 Å². The molecule has 0 amide bonds. The molecule has 0 spiro atoms. The molecule has 128 valence electrons. The minimum atomic E-state index is -0.0944. The predicted molar refractivity (Wildman–Crippen MR) is 93.2 cm³/mol. The molecule has 7 nitrogen and oxygen atoms in total. The number of hydrogen-bond donors (Lipinski definition) is 2. The molecule has 1 saturated heterocycles. The summed E-state index contributed by atoms with van der Waals surface area (Å²) in [7, 11) is 1.77. The minimum absolute atomic E-state index is 0.0944. The van der Waals surface area contributed by atoms with Crippen LogP contribution in [0.2, 0.25) is 0 Å². The smallest absolute Gasteiger partial charge is 0.191 e. The highest BCUT2D eigenvalue weighted by atomic mass is 16.5. The fourth-order valence-corrected chi connectivity index (χ4v) is 2.76. The van der Waals surface area contributed by atoms with Crippen LogP contribution in [0.25, 0.3) is 5.82 Å². The Labute approximate surface area is 142 Å². The van der Waals surface area contributed by atoms with E-state index in [9.17, 15) is 0 Å². The number of imidazole rings is 1. The number of guanidine groups is 1. The summed E-state index contributed by atoms with van der Waals surface area (Å²) in [6, 6.07) is 4.02. The molecule has 2 N–H and O–H groups in total. The van der Waals surface area contributed by atoms with Gasteiger partial charge in [-0.3, -0.25) is 9.56 Å². The zero-order chi connectivity index (χ0) is 16.8. The molecular formula is C17H24N6O. The van der Waals surface area contributed by atoms with Gasteiger partial charge in [-0.1, -0.05) is 0 Å². The Kier molecular flexibility index (Phi) is 5.10. The van der Waals surface area contributed by atoms with Gasteiger partial charge in [-0.15, -0.1) is 0 Å². The van der Waals surface area contributed by atoms with Crippen LogP contribution in [0, 0.1) is 0 Å². The third-order valence-electron chi connectivity index (χ3n) is 4.19. The maximum absolute atomic E-state index is 5.79. The lowest BCUT2D eigenvalue weighted by Crippen LogP contribution is -2.45. The molecule has 1 aliphatic heterocycles. The highest BCUT2D eigenvalue weighted by Crippen LogP contribution is 2.23. The van der Waals surface area contributed by atoms with Gasteiger partial charge in [0.1, 0.15) is 12.1 Å². The van der Waals surface area contributed by atoms with Gasteiger partial charge < -0.3 is 15.4 Å². The first kappa shape index (κ1) is 16.4. The second-order valence-electron chi connectivity index (χ2n) is 6.17. The van der Waals surface area contributed by atoms with E-state index in [4.69, 9.17) is 4.74 Å². The van der Waals surface area contributed by atoms with E-state index >= 15 is 0 Å². The van der Waals surface area contributed by atoms with E-state index in [2.05, 4.69) is 32.5 Å². The highest BCUT2D eigenvalue weighted by molar-refractivity contribution is 5.79. The quantitative estimate of drug-likeness (QED) is 0.642. The van der Waals surface area contributed by atoms with Crippen LogP contribution in [-0.4, -0.2) is 46.3 Å². The Morgan fingerprint density at radius 2 is 2.33 bits per heavy atom. The van der Waals surface area contributed by atoms with Gasteiger partial charge >= 0.3 is 0 Å². The summed E-state index contributed by atoms with van der Waals surface area (Å²) in [6.07, 6.45) is 9.36. The number of aliphatic imine (C=N–C) groups is 1. The van der Waals surface area contributed by atoms with E-state index in [0.717, 1.165) is 43.3 Å². The monoisotopic (exact) mass is 328 g/mol. The topological polar surface area (TPSA) is 76.4 Å². The average molecular weight is 328 g/mol. The summed E-state index contributed by atoms with van der Waals surface area (Å²) in [6.45, 7) is 4.41. The third-order valence-corrected chi connectivity index (χ3v) is 4.19. The number of ether oxygens (including phenoxy) is 1. The van der Waals surface area contributed by atoms with Crippen LogP contribution in [0.4, 0.5) is 0 Å². The van der Waals surface area contributed by atoms with E-state index < -0.39 is 0 Å². The number of hydrogen-bond acceptors (Lipinski definition) is 4. The molecule has 2 aromatic heterocycles. The molecular weight excluding hydrogens is 304 g/mol. The molecule has 24 heavy (non-hydrogen) atoms. The number of aromatic nitrogens is 3. The molecule has 0 aliphatic carbocycles. The Hall–Kier alpha value is -2.41. The van der Waals surface area contributed by atoms with Gasteiger partial charge in [-0.25, -0.2) is 9.97 Å². The van der Waals surface area contributed by atoms with E-state index in [1.807, 2.05) is 22.9 Å². The number of nitrogens with zero attached hydrogens (tertiary/aromatic N) is 4. The molecule has 1 fully saturated rings. The molecule has 0 saturated carbocycles. The zero-order valence-electron chi connectivity index (χ0n) is 14.2. The second-order valence-corrected chi connectivity index (χ2v) is 6.17. The molecule has 0 bridgehead atoms. The first-order valence-electron chi connectivity index (χ1n) is 8.20. The molecule has 0 aromatic carbocycles. The van der Waals surface area contributed by atoms with Crippen molar-refractivity contribution in [3.8, 4) is 5.82 Å². The molecule has 3 rings (SSSR count). The van der Waals surface area contributed by atoms with E-state index in [0.29, 0.717) is 6.54 Å². The van der Waals surface area contributed by atoms with Crippen LogP contribution >= 0.6 is 0 Å². The maximum atomic E-state index is 5.79. The SMILES string of the molecule is CN=C(NCc1ccnc(-n2ccnc2)c1)NCC1(C)CCCO1. The first-order chi connectivity index (χ1) is 11.7. The van der Waals surface area contributed by atoms with Crippen LogP contribution in [0.5, 0.6) is 0 Å². The summed E-state index contributed by atoms with van der Waals surface area (Å²) in [5.41, 5.74) is 1.03. The fourth-order valence-electron chi connectivity index (χ4n) is 2.76. The fraction of sp³-hybridized carbons (Fsp3) is 0.471. The number of rotatable bonds is 5. The van der Waals surface area contributed by atoms with Crippen molar-refractivity contribution >= 4 is 5.96 Å². The van der Waals surface area contributed by atoms with Gasteiger partial charge in [0, 0.05) is 45.3 Å². The second kappa shape index (κ2) is 7.44. The lowest BCUT2D eigenvalue weighted by atomic mass is 10.0. The van der Waals surface area contributed by atoms with Gasteiger partial charge in [0.2, 0.25) is 0 Å². The molecule has 1 aliphatic rings. The zero-order valence-corrected chi connectivity index (χ0v) is 14.2. The molecule has 0 radical (unpaired) electrons. The Morgan fingerprint density at radius 3 is 3.04 bits per heavy atom. The number of pyridine rings is 1. The number of nitrogens with one attached hydrogen (secondary N) is 2. The van der Waals surface area contributed by atoms with Crippen LogP contribution in [0.3, 0.4) is 0 Å². The largest absolute Gasteiger partial charge is 0.373 e. The Balaban J connectivity index is 1.55. The molecule has 2 aromatic rings. The van der Waals surface area contributed by atoms with Crippen molar-refractivity contribution in [3.63, 3.8) is 0 Å². The summed E-state index contributed by atoms with van der Waals surface area (Å²) in [5.74, 6) is 1.62. The molecule has 1 atom stereocenters. The van der Waals surface area contributed by atoms with Crippen molar-refractivity contribution in [3.05, 3.63) is 42.6 Å². The lowest BCUT2D eigenvalue weighted by Gasteiger charge is -2.24. The molecule has 7 heteroatoms. The maximum Gasteiger partial charge on any atom is 0.191 e.